The molecule has 2 heterocycles. The molecule has 0 spiro atoms. The SMILES string of the molecule is COCCn1cnnc1[C@H](C)NC(=O)CN1CCN(C)C1=O. The summed E-state index contributed by atoms with van der Waals surface area (Å²) in [6, 6.07) is -0.409. The molecule has 0 unspecified atom stereocenters. The van der Waals surface area contributed by atoms with Crippen LogP contribution in [0.1, 0.15) is 18.8 Å². The predicted molar refractivity (Wildman–Crippen MR) is 78.1 cm³/mol. The monoisotopic (exact) mass is 310 g/mol. The van der Waals surface area contributed by atoms with Crippen molar-refractivity contribution in [3.63, 3.8) is 0 Å². The maximum atomic E-state index is 12.1. The van der Waals surface area contributed by atoms with Crippen molar-refractivity contribution < 1.29 is 14.3 Å². The standard InChI is InChI=1S/C13H22N6O3/c1-10(12-16-14-9-19(12)6-7-22-3)15-11(20)8-18-5-4-17(2)13(18)21/h9-10H,4-8H2,1-3H3,(H,15,20)/t10-/m0/s1. The van der Waals surface area contributed by atoms with Gasteiger partial charge in [0.05, 0.1) is 12.6 Å². The van der Waals surface area contributed by atoms with Gasteiger partial charge in [-0.2, -0.15) is 0 Å². The third-order valence-corrected chi connectivity index (χ3v) is 3.58. The average Bonchev–Trinajstić information content (AvgIpc) is 3.07. The fraction of sp³-hybridized carbons (Fsp3) is 0.692. The molecule has 9 nitrogen and oxygen atoms in total. The van der Waals surface area contributed by atoms with Gasteiger partial charge < -0.3 is 24.4 Å². The minimum atomic E-state index is -0.290. The second-order valence-electron chi connectivity index (χ2n) is 5.29. The van der Waals surface area contributed by atoms with Gasteiger partial charge in [0.25, 0.3) is 0 Å². The number of methoxy groups -OCH3 is 1. The first-order valence-corrected chi connectivity index (χ1v) is 7.19. The Morgan fingerprint density at radius 3 is 2.91 bits per heavy atom. The molecule has 1 fully saturated rings. The van der Waals surface area contributed by atoms with Gasteiger partial charge in [0, 0.05) is 33.8 Å². The number of nitrogens with one attached hydrogen (secondary N) is 1. The summed E-state index contributed by atoms with van der Waals surface area (Å²) >= 11 is 0. The first-order chi connectivity index (χ1) is 10.5. The Labute approximate surface area is 129 Å². The number of hydrogen-bond acceptors (Lipinski definition) is 5. The quantitative estimate of drug-likeness (QED) is 0.731. The van der Waals surface area contributed by atoms with Crippen molar-refractivity contribution in [3.8, 4) is 0 Å². The molecular formula is C13H22N6O3. The Morgan fingerprint density at radius 2 is 2.27 bits per heavy atom. The number of amides is 3. The molecule has 0 saturated carbocycles. The van der Waals surface area contributed by atoms with Crippen LogP contribution in [-0.4, -0.2) is 76.9 Å². The molecule has 0 aromatic carbocycles. The highest BCUT2D eigenvalue weighted by atomic mass is 16.5. The van der Waals surface area contributed by atoms with E-state index < -0.39 is 0 Å². The number of urea groups is 1. The molecule has 1 aromatic heterocycles. The van der Waals surface area contributed by atoms with E-state index in [-0.39, 0.29) is 24.5 Å². The van der Waals surface area contributed by atoms with Gasteiger partial charge in [0.2, 0.25) is 5.91 Å². The van der Waals surface area contributed by atoms with E-state index in [1.165, 1.54) is 4.90 Å². The highest BCUT2D eigenvalue weighted by molar-refractivity contribution is 5.85. The van der Waals surface area contributed by atoms with E-state index in [0.717, 1.165) is 0 Å². The second kappa shape index (κ2) is 7.21. The number of ether oxygens (including phenoxy) is 1. The number of hydrogen-bond donors (Lipinski definition) is 1. The van der Waals surface area contributed by atoms with Crippen molar-refractivity contribution in [2.24, 2.45) is 0 Å². The van der Waals surface area contributed by atoms with E-state index in [0.29, 0.717) is 32.1 Å². The number of carbonyl (C=O) groups excluding carboxylic acids is 2. The number of nitrogens with zero attached hydrogens (tertiary/aromatic N) is 5. The fourth-order valence-corrected chi connectivity index (χ4v) is 2.34. The van der Waals surface area contributed by atoms with E-state index in [2.05, 4.69) is 15.5 Å². The molecule has 1 aliphatic rings. The average molecular weight is 310 g/mol. The lowest BCUT2D eigenvalue weighted by atomic mass is 10.3. The zero-order valence-corrected chi connectivity index (χ0v) is 13.2. The molecule has 0 radical (unpaired) electrons. The molecule has 0 bridgehead atoms. The van der Waals surface area contributed by atoms with Crippen molar-refractivity contribution in [1.82, 2.24) is 29.9 Å². The van der Waals surface area contributed by atoms with Crippen LogP contribution in [0.4, 0.5) is 4.79 Å². The van der Waals surface area contributed by atoms with Crippen LogP contribution in [0.15, 0.2) is 6.33 Å². The van der Waals surface area contributed by atoms with Gasteiger partial charge in [-0.1, -0.05) is 0 Å². The maximum absolute atomic E-state index is 12.1. The summed E-state index contributed by atoms with van der Waals surface area (Å²) in [4.78, 5) is 27.0. The highest BCUT2D eigenvalue weighted by Gasteiger charge is 2.27. The van der Waals surface area contributed by atoms with Crippen LogP contribution in [0.2, 0.25) is 0 Å². The van der Waals surface area contributed by atoms with Crippen molar-refractivity contribution in [2.45, 2.75) is 19.5 Å². The smallest absolute Gasteiger partial charge is 0.320 e. The summed E-state index contributed by atoms with van der Waals surface area (Å²) in [5.41, 5.74) is 0. The molecule has 2 rings (SSSR count). The normalized spacial score (nSPS) is 16.2. The Morgan fingerprint density at radius 1 is 1.50 bits per heavy atom. The van der Waals surface area contributed by atoms with Crippen molar-refractivity contribution in [3.05, 3.63) is 12.2 Å². The Balaban J connectivity index is 1.89. The highest BCUT2D eigenvalue weighted by Crippen LogP contribution is 2.10. The first kappa shape index (κ1) is 16.2. The maximum Gasteiger partial charge on any atom is 0.320 e. The summed E-state index contributed by atoms with van der Waals surface area (Å²) in [5, 5.41) is 10.7. The number of carbonyl (C=O) groups is 2. The number of likely N-dealkylation sites (N-methyl/N-ethyl adjacent to an activating group) is 1. The van der Waals surface area contributed by atoms with Gasteiger partial charge in [-0.05, 0) is 6.92 Å². The fourth-order valence-electron chi connectivity index (χ4n) is 2.34. The minimum absolute atomic E-state index is 0.0553. The molecule has 3 amide bonds. The van der Waals surface area contributed by atoms with Crippen LogP contribution in [0.5, 0.6) is 0 Å². The van der Waals surface area contributed by atoms with E-state index in [4.69, 9.17) is 4.74 Å². The van der Waals surface area contributed by atoms with E-state index in [9.17, 15) is 9.59 Å². The lowest BCUT2D eigenvalue weighted by Gasteiger charge is -2.18. The Bertz CT molecular complexity index is 532. The van der Waals surface area contributed by atoms with Crippen LogP contribution in [0, 0.1) is 0 Å². The summed E-state index contributed by atoms with van der Waals surface area (Å²) < 4.78 is 6.87. The summed E-state index contributed by atoms with van der Waals surface area (Å²) in [5.74, 6) is 0.452. The topological polar surface area (TPSA) is 92.6 Å². The van der Waals surface area contributed by atoms with Gasteiger partial charge in [-0.15, -0.1) is 10.2 Å². The van der Waals surface area contributed by atoms with Gasteiger partial charge >= 0.3 is 6.03 Å². The lowest BCUT2D eigenvalue weighted by molar-refractivity contribution is -0.122. The van der Waals surface area contributed by atoms with Crippen molar-refractivity contribution in [2.75, 3.05) is 40.4 Å². The van der Waals surface area contributed by atoms with Crippen LogP contribution in [-0.2, 0) is 16.1 Å². The molecule has 1 aromatic rings. The Kier molecular flexibility index (Phi) is 5.31. The number of aromatic nitrogens is 3. The zero-order chi connectivity index (χ0) is 16.1. The molecule has 1 N–H and O–H groups in total. The predicted octanol–water partition coefficient (Wildman–Crippen LogP) is -0.531. The van der Waals surface area contributed by atoms with Crippen molar-refractivity contribution >= 4 is 11.9 Å². The summed E-state index contributed by atoms with van der Waals surface area (Å²) in [6.45, 7) is 4.27. The van der Waals surface area contributed by atoms with E-state index in [1.807, 2.05) is 11.5 Å². The minimum Gasteiger partial charge on any atom is -0.383 e. The summed E-state index contributed by atoms with van der Waals surface area (Å²) in [7, 11) is 3.35. The van der Waals surface area contributed by atoms with E-state index in [1.54, 1.807) is 25.4 Å². The molecular weight excluding hydrogens is 288 g/mol. The Hall–Kier alpha value is -2.16. The van der Waals surface area contributed by atoms with Crippen LogP contribution < -0.4 is 5.32 Å². The third-order valence-electron chi connectivity index (χ3n) is 3.58. The van der Waals surface area contributed by atoms with Gasteiger partial charge in [-0.3, -0.25) is 4.79 Å². The van der Waals surface area contributed by atoms with Crippen LogP contribution >= 0.6 is 0 Å². The largest absolute Gasteiger partial charge is 0.383 e. The van der Waals surface area contributed by atoms with Gasteiger partial charge in [0.15, 0.2) is 5.82 Å². The molecule has 22 heavy (non-hydrogen) atoms. The third kappa shape index (κ3) is 3.73. The molecule has 0 aliphatic carbocycles. The molecule has 1 atom stereocenters. The second-order valence-corrected chi connectivity index (χ2v) is 5.29. The molecule has 122 valence electrons. The molecule has 1 aliphatic heterocycles. The first-order valence-electron chi connectivity index (χ1n) is 7.19. The van der Waals surface area contributed by atoms with Crippen LogP contribution in [0.3, 0.4) is 0 Å². The molecule has 9 heteroatoms. The van der Waals surface area contributed by atoms with Gasteiger partial charge in [0.1, 0.15) is 12.9 Å². The summed E-state index contributed by atoms with van der Waals surface area (Å²) in [6.07, 6.45) is 1.61. The zero-order valence-electron chi connectivity index (χ0n) is 13.2. The number of rotatable bonds is 7. The van der Waals surface area contributed by atoms with Gasteiger partial charge in [-0.25, -0.2) is 4.79 Å². The van der Waals surface area contributed by atoms with Crippen molar-refractivity contribution in [1.29, 1.82) is 0 Å². The van der Waals surface area contributed by atoms with E-state index >= 15 is 0 Å². The van der Waals surface area contributed by atoms with Crippen LogP contribution in [0.25, 0.3) is 0 Å². The lowest BCUT2D eigenvalue weighted by Crippen LogP contribution is -2.40. The molecule has 1 saturated heterocycles.